The van der Waals surface area contributed by atoms with Crippen molar-refractivity contribution in [2.24, 2.45) is 0 Å². The molecule has 5 heteroatoms. The van der Waals surface area contributed by atoms with Gasteiger partial charge in [0.05, 0.1) is 0 Å². The number of Topliss-reactive ketones (excluding diaryl/α,β-unsaturated/α-hetero) is 2. The molecule has 0 saturated carbocycles. The number of carbonyl (C=O) groups is 2. The van der Waals surface area contributed by atoms with Gasteiger partial charge in [0.25, 0.3) is 0 Å². The van der Waals surface area contributed by atoms with E-state index in [1.165, 1.54) is 10.9 Å². The molecule has 1 aliphatic heterocycles. The van der Waals surface area contributed by atoms with Crippen LogP contribution in [-0.4, -0.2) is 41.3 Å². The minimum absolute atomic E-state index is 0.218. The number of para-hydroxylation sites is 1. The second-order valence-electron chi connectivity index (χ2n) is 9.50. The largest absolute Gasteiger partial charge is 0.385 e. The summed E-state index contributed by atoms with van der Waals surface area (Å²) in [5.41, 5.74) is 6.40. The highest BCUT2D eigenvalue weighted by atomic mass is 16.5. The monoisotopic (exact) mass is 446 g/mol. The molecule has 3 aliphatic rings. The van der Waals surface area contributed by atoms with Crippen LogP contribution < -0.4 is 0 Å². The summed E-state index contributed by atoms with van der Waals surface area (Å²) in [6.07, 6.45) is 8.88. The van der Waals surface area contributed by atoms with Crippen molar-refractivity contribution in [3.63, 3.8) is 0 Å². The Morgan fingerprint density at radius 2 is 1.61 bits per heavy atom. The van der Waals surface area contributed by atoms with Gasteiger partial charge in [0, 0.05) is 85.2 Å². The molecule has 5 rings (SSSR count). The van der Waals surface area contributed by atoms with Crippen LogP contribution in [0.25, 0.3) is 10.9 Å². The van der Waals surface area contributed by atoms with Crippen LogP contribution in [0.15, 0.2) is 53.0 Å². The molecule has 0 amide bonds. The van der Waals surface area contributed by atoms with Gasteiger partial charge in [-0.2, -0.15) is 0 Å². The Morgan fingerprint density at radius 3 is 2.24 bits per heavy atom. The Bertz CT molecular complexity index is 1110. The zero-order valence-electron chi connectivity index (χ0n) is 19.9. The van der Waals surface area contributed by atoms with E-state index in [1.807, 2.05) is 0 Å². The molecule has 33 heavy (non-hydrogen) atoms. The molecular weight excluding hydrogens is 412 g/mol. The van der Waals surface area contributed by atoms with E-state index in [-0.39, 0.29) is 17.5 Å². The van der Waals surface area contributed by atoms with Crippen molar-refractivity contribution in [2.75, 3.05) is 20.3 Å². The standard InChI is InChI=1S/C28H34N2O3/c1-3-15-29-18-20(19-9-4-5-10-21(19)29)26-27-22(11-6-13-24(27)31)30(16-8-17-33-2)23-12-7-14-25(32)28(23)26/h4-5,9-10,18,26H,3,6-8,11-17H2,1-2H3. The van der Waals surface area contributed by atoms with Gasteiger partial charge in [-0.15, -0.1) is 0 Å². The zero-order chi connectivity index (χ0) is 22.9. The van der Waals surface area contributed by atoms with Crippen molar-refractivity contribution < 1.29 is 14.3 Å². The Labute approximate surface area is 196 Å². The number of hydrogen-bond donors (Lipinski definition) is 0. The van der Waals surface area contributed by atoms with Gasteiger partial charge in [-0.25, -0.2) is 0 Å². The van der Waals surface area contributed by atoms with Gasteiger partial charge in [-0.3, -0.25) is 9.59 Å². The number of rotatable bonds is 7. The Kier molecular flexibility index (Phi) is 6.24. The van der Waals surface area contributed by atoms with Gasteiger partial charge in [0.2, 0.25) is 0 Å². The molecule has 0 atom stereocenters. The van der Waals surface area contributed by atoms with E-state index >= 15 is 0 Å². The van der Waals surface area contributed by atoms with Gasteiger partial charge >= 0.3 is 0 Å². The molecule has 5 nitrogen and oxygen atoms in total. The molecule has 0 unspecified atom stereocenters. The average molecular weight is 447 g/mol. The van der Waals surface area contributed by atoms with Crippen molar-refractivity contribution in [3.05, 3.63) is 58.6 Å². The number of hydrogen-bond acceptors (Lipinski definition) is 4. The molecule has 0 saturated heterocycles. The van der Waals surface area contributed by atoms with Gasteiger partial charge < -0.3 is 14.2 Å². The lowest BCUT2D eigenvalue weighted by Gasteiger charge is -2.44. The lowest BCUT2D eigenvalue weighted by Crippen LogP contribution is -2.39. The number of fused-ring (bicyclic) bond motifs is 1. The molecule has 0 bridgehead atoms. The van der Waals surface area contributed by atoms with Crippen LogP contribution in [-0.2, 0) is 20.9 Å². The zero-order valence-corrected chi connectivity index (χ0v) is 19.9. The first-order chi connectivity index (χ1) is 16.2. The molecule has 2 aromatic rings. The minimum Gasteiger partial charge on any atom is -0.385 e. The highest BCUT2D eigenvalue weighted by Crippen LogP contribution is 2.50. The molecule has 1 aromatic heterocycles. The fourth-order valence-electron chi connectivity index (χ4n) is 6.10. The summed E-state index contributed by atoms with van der Waals surface area (Å²) < 4.78 is 7.62. The van der Waals surface area contributed by atoms with E-state index in [0.717, 1.165) is 79.7 Å². The number of ketones is 2. The van der Waals surface area contributed by atoms with E-state index < -0.39 is 0 Å². The van der Waals surface area contributed by atoms with Crippen LogP contribution in [0.1, 0.15) is 69.8 Å². The molecule has 2 aliphatic carbocycles. The summed E-state index contributed by atoms with van der Waals surface area (Å²) in [5.74, 6) is 0.197. The summed E-state index contributed by atoms with van der Waals surface area (Å²) in [6, 6.07) is 8.45. The van der Waals surface area contributed by atoms with Crippen LogP contribution >= 0.6 is 0 Å². The molecule has 174 valence electrons. The third-order valence-electron chi connectivity index (χ3n) is 7.41. The van der Waals surface area contributed by atoms with Crippen molar-refractivity contribution >= 4 is 22.5 Å². The average Bonchev–Trinajstić information content (AvgIpc) is 3.18. The predicted octanol–water partition coefficient (Wildman–Crippen LogP) is 5.50. The third-order valence-corrected chi connectivity index (χ3v) is 7.41. The highest BCUT2D eigenvalue weighted by molar-refractivity contribution is 6.07. The SMILES string of the molecule is CCCn1cc(C2C3=C(CCCC3=O)N(CCCOC)C3=C2C(=O)CCC3)c2ccccc21. The van der Waals surface area contributed by atoms with E-state index in [2.05, 4.69) is 46.9 Å². The van der Waals surface area contributed by atoms with E-state index in [1.54, 1.807) is 7.11 Å². The molecule has 2 heterocycles. The maximum Gasteiger partial charge on any atom is 0.161 e. The Morgan fingerprint density at radius 1 is 0.939 bits per heavy atom. The van der Waals surface area contributed by atoms with Gasteiger partial charge in [-0.05, 0) is 50.2 Å². The summed E-state index contributed by atoms with van der Waals surface area (Å²) in [5, 5.41) is 1.17. The van der Waals surface area contributed by atoms with Crippen LogP contribution in [0.4, 0.5) is 0 Å². The van der Waals surface area contributed by atoms with Crippen molar-refractivity contribution in [3.8, 4) is 0 Å². The quantitative estimate of drug-likeness (QED) is 0.527. The molecule has 0 N–H and O–H groups in total. The second kappa shape index (κ2) is 9.30. The normalized spacial score (nSPS) is 19.5. The highest BCUT2D eigenvalue weighted by Gasteiger charge is 2.43. The first-order valence-electron chi connectivity index (χ1n) is 12.5. The molecule has 0 spiro atoms. The Hall–Kier alpha value is -2.66. The number of methoxy groups -OCH3 is 1. The van der Waals surface area contributed by atoms with Crippen LogP contribution in [0.3, 0.4) is 0 Å². The lowest BCUT2D eigenvalue weighted by molar-refractivity contribution is -0.117. The minimum atomic E-state index is -0.239. The van der Waals surface area contributed by atoms with E-state index in [9.17, 15) is 9.59 Å². The maximum absolute atomic E-state index is 13.5. The summed E-state index contributed by atoms with van der Waals surface area (Å²) >= 11 is 0. The van der Waals surface area contributed by atoms with Gasteiger partial charge in [-0.1, -0.05) is 25.1 Å². The van der Waals surface area contributed by atoms with Crippen molar-refractivity contribution in [2.45, 2.75) is 70.8 Å². The summed E-state index contributed by atoms with van der Waals surface area (Å²) in [4.78, 5) is 29.3. The van der Waals surface area contributed by atoms with E-state index in [4.69, 9.17) is 4.74 Å². The van der Waals surface area contributed by atoms with Gasteiger partial charge in [0.15, 0.2) is 11.6 Å². The summed E-state index contributed by atoms with van der Waals surface area (Å²) in [6.45, 7) is 4.59. The number of aromatic nitrogens is 1. The topological polar surface area (TPSA) is 51.5 Å². The van der Waals surface area contributed by atoms with Crippen LogP contribution in [0, 0.1) is 0 Å². The first kappa shape index (κ1) is 22.1. The van der Waals surface area contributed by atoms with Crippen LogP contribution in [0.5, 0.6) is 0 Å². The van der Waals surface area contributed by atoms with Crippen molar-refractivity contribution in [1.82, 2.24) is 9.47 Å². The predicted molar refractivity (Wildman–Crippen MR) is 130 cm³/mol. The Balaban J connectivity index is 1.73. The molecule has 0 fully saturated rings. The number of nitrogens with zero attached hydrogens (tertiary/aromatic N) is 2. The molecular formula is C28H34N2O3. The first-order valence-corrected chi connectivity index (χ1v) is 12.5. The van der Waals surface area contributed by atoms with Crippen LogP contribution in [0.2, 0.25) is 0 Å². The second-order valence-corrected chi connectivity index (χ2v) is 9.50. The number of carbonyl (C=O) groups excluding carboxylic acids is 2. The van der Waals surface area contributed by atoms with E-state index in [0.29, 0.717) is 19.4 Å². The fraction of sp³-hybridized carbons (Fsp3) is 0.500. The summed E-state index contributed by atoms with van der Waals surface area (Å²) in [7, 11) is 1.72. The number of ether oxygens (including phenoxy) is 1. The van der Waals surface area contributed by atoms with Crippen molar-refractivity contribution in [1.29, 1.82) is 0 Å². The number of benzene rings is 1. The smallest absolute Gasteiger partial charge is 0.161 e. The molecule has 0 radical (unpaired) electrons. The molecule has 1 aromatic carbocycles. The third kappa shape index (κ3) is 3.76. The number of allylic oxidation sites excluding steroid dienone is 4. The lowest BCUT2D eigenvalue weighted by atomic mass is 9.71. The van der Waals surface area contributed by atoms with Gasteiger partial charge in [0.1, 0.15) is 0 Å². The fourth-order valence-corrected chi connectivity index (χ4v) is 6.10. The number of aryl methyl sites for hydroxylation is 1. The maximum atomic E-state index is 13.5.